The molecule has 0 radical (unpaired) electrons. The van der Waals surface area contributed by atoms with E-state index in [1.807, 2.05) is 6.07 Å². The summed E-state index contributed by atoms with van der Waals surface area (Å²) in [6, 6.07) is 1.86. The lowest BCUT2D eigenvalue weighted by molar-refractivity contribution is 0.0963. The van der Waals surface area contributed by atoms with Crippen LogP contribution in [0.1, 0.15) is 42.3 Å². The zero-order chi connectivity index (χ0) is 14.6. The molecule has 4 N–H and O–H groups in total. The highest BCUT2D eigenvalue weighted by Gasteiger charge is 2.41. The topological polar surface area (TPSA) is 67.2 Å². The first-order valence-corrected chi connectivity index (χ1v) is 7.94. The van der Waals surface area contributed by atoms with Crippen molar-refractivity contribution in [3.8, 4) is 0 Å². The summed E-state index contributed by atoms with van der Waals surface area (Å²) < 4.78 is 0. The van der Waals surface area contributed by atoms with Crippen molar-refractivity contribution < 1.29 is 4.79 Å². The van der Waals surface area contributed by atoms with Crippen LogP contribution in [0.25, 0.3) is 0 Å². The summed E-state index contributed by atoms with van der Waals surface area (Å²) in [5.41, 5.74) is 6.94. The van der Waals surface area contributed by atoms with Crippen molar-refractivity contribution in [3.05, 3.63) is 23.6 Å². The molecular formula is C15H23N3OS. The molecule has 0 atom stereocenters. The highest BCUT2D eigenvalue weighted by atomic mass is 32.1. The van der Waals surface area contributed by atoms with Gasteiger partial charge >= 0.3 is 0 Å². The predicted octanol–water partition coefficient (Wildman–Crippen LogP) is 3.24. The Labute approximate surface area is 124 Å². The second-order valence-corrected chi connectivity index (χ2v) is 6.55. The molecule has 4 nitrogen and oxygen atoms in total. The van der Waals surface area contributed by atoms with Gasteiger partial charge in [-0.3, -0.25) is 4.79 Å². The average molecular weight is 293 g/mol. The quantitative estimate of drug-likeness (QED) is 0.645. The maximum Gasteiger partial charge on any atom is 0.263 e. The van der Waals surface area contributed by atoms with E-state index in [-0.39, 0.29) is 5.91 Å². The number of rotatable bonds is 8. The Morgan fingerprint density at radius 2 is 2.35 bits per heavy atom. The van der Waals surface area contributed by atoms with Crippen LogP contribution in [0.3, 0.4) is 0 Å². The maximum atomic E-state index is 11.9. The number of nitrogen functional groups attached to an aromatic ring is 1. The predicted molar refractivity (Wildman–Crippen MR) is 86.3 cm³/mol. The summed E-state index contributed by atoms with van der Waals surface area (Å²) in [5.74, 6) is -0.129. The van der Waals surface area contributed by atoms with Crippen LogP contribution in [0.2, 0.25) is 0 Å². The second-order valence-electron chi connectivity index (χ2n) is 5.50. The molecule has 20 heavy (non-hydrogen) atoms. The van der Waals surface area contributed by atoms with E-state index in [9.17, 15) is 4.79 Å². The fourth-order valence-electron chi connectivity index (χ4n) is 2.41. The van der Waals surface area contributed by atoms with E-state index in [0.29, 0.717) is 22.5 Å². The van der Waals surface area contributed by atoms with E-state index in [0.717, 1.165) is 11.5 Å². The van der Waals surface area contributed by atoms with Gasteiger partial charge in [0.1, 0.15) is 4.88 Å². The zero-order valence-electron chi connectivity index (χ0n) is 12.0. The first-order valence-electron chi connectivity index (χ1n) is 7.12. The molecule has 2 rings (SSSR count). The molecule has 1 amide bonds. The van der Waals surface area contributed by atoms with Gasteiger partial charge in [0, 0.05) is 13.1 Å². The molecule has 0 spiro atoms. The number of carbonyl (C=O) groups excluding carboxylic acids is 1. The SMILES string of the molecule is C=CCNC(=O)c1sc(NCC2(CCC)CC2)cc1N. The van der Waals surface area contributed by atoms with Crippen molar-refractivity contribution in [2.75, 3.05) is 24.1 Å². The largest absolute Gasteiger partial charge is 0.397 e. The summed E-state index contributed by atoms with van der Waals surface area (Å²) in [7, 11) is 0. The van der Waals surface area contributed by atoms with Crippen molar-refractivity contribution >= 4 is 27.9 Å². The molecule has 0 bridgehead atoms. The van der Waals surface area contributed by atoms with Crippen LogP contribution in [-0.4, -0.2) is 19.0 Å². The molecule has 1 heterocycles. The molecule has 110 valence electrons. The fraction of sp³-hybridized carbons (Fsp3) is 0.533. The number of anilines is 2. The normalized spacial score (nSPS) is 15.7. The van der Waals surface area contributed by atoms with Gasteiger partial charge in [-0.2, -0.15) is 0 Å². The summed E-state index contributed by atoms with van der Waals surface area (Å²) in [4.78, 5) is 12.5. The van der Waals surface area contributed by atoms with Gasteiger partial charge < -0.3 is 16.4 Å². The minimum Gasteiger partial charge on any atom is -0.397 e. The minimum absolute atomic E-state index is 0.129. The maximum absolute atomic E-state index is 11.9. The van der Waals surface area contributed by atoms with Gasteiger partial charge in [0.05, 0.1) is 10.7 Å². The number of thiophene rings is 1. The third kappa shape index (κ3) is 3.54. The third-order valence-electron chi connectivity index (χ3n) is 3.75. The number of hydrogen-bond acceptors (Lipinski definition) is 4. The highest BCUT2D eigenvalue weighted by Crippen LogP contribution is 2.49. The summed E-state index contributed by atoms with van der Waals surface area (Å²) in [6.07, 6.45) is 6.77. The molecule has 1 aliphatic carbocycles. The van der Waals surface area contributed by atoms with Crippen molar-refractivity contribution in [2.24, 2.45) is 5.41 Å². The van der Waals surface area contributed by atoms with Gasteiger partial charge in [0.25, 0.3) is 5.91 Å². The Balaban J connectivity index is 1.93. The number of hydrogen-bond donors (Lipinski definition) is 3. The first-order chi connectivity index (χ1) is 9.60. The molecule has 1 saturated carbocycles. The Morgan fingerprint density at radius 3 is 2.95 bits per heavy atom. The number of nitrogens with two attached hydrogens (primary N) is 1. The van der Waals surface area contributed by atoms with Gasteiger partial charge in [-0.15, -0.1) is 17.9 Å². The summed E-state index contributed by atoms with van der Waals surface area (Å²) in [6.45, 7) is 7.24. The van der Waals surface area contributed by atoms with Gasteiger partial charge in [-0.1, -0.05) is 19.4 Å². The van der Waals surface area contributed by atoms with Crippen molar-refractivity contribution in [1.82, 2.24) is 5.32 Å². The van der Waals surface area contributed by atoms with Crippen LogP contribution in [0.4, 0.5) is 10.7 Å². The third-order valence-corrected chi connectivity index (χ3v) is 4.86. The molecule has 0 saturated heterocycles. The molecule has 1 fully saturated rings. The van der Waals surface area contributed by atoms with Gasteiger partial charge in [-0.05, 0) is 30.7 Å². The lowest BCUT2D eigenvalue weighted by Gasteiger charge is -2.14. The lowest BCUT2D eigenvalue weighted by atomic mass is 10.0. The van der Waals surface area contributed by atoms with Gasteiger partial charge in [0.15, 0.2) is 0 Å². The van der Waals surface area contributed by atoms with Crippen LogP contribution in [0, 0.1) is 5.41 Å². The van der Waals surface area contributed by atoms with Crippen LogP contribution < -0.4 is 16.4 Å². The molecule has 0 aliphatic heterocycles. The Hall–Kier alpha value is -1.49. The van der Waals surface area contributed by atoms with E-state index in [2.05, 4.69) is 24.1 Å². The highest BCUT2D eigenvalue weighted by molar-refractivity contribution is 7.18. The Morgan fingerprint density at radius 1 is 1.60 bits per heavy atom. The number of amides is 1. The Kier molecular flexibility index (Phi) is 4.70. The average Bonchev–Trinajstić information content (AvgIpc) is 3.09. The smallest absolute Gasteiger partial charge is 0.263 e. The molecule has 1 aromatic heterocycles. The van der Waals surface area contributed by atoms with E-state index in [4.69, 9.17) is 5.73 Å². The molecule has 0 unspecified atom stereocenters. The molecule has 5 heteroatoms. The van der Waals surface area contributed by atoms with Crippen LogP contribution in [0.15, 0.2) is 18.7 Å². The van der Waals surface area contributed by atoms with E-state index >= 15 is 0 Å². The van der Waals surface area contributed by atoms with E-state index in [1.165, 1.54) is 37.0 Å². The summed E-state index contributed by atoms with van der Waals surface area (Å²) in [5, 5.41) is 7.18. The van der Waals surface area contributed by atoms with Crippen molar-refractivity contribution in [2.45, 2.75) is 32.6 Å². The number of carbonyl (C=O) groups is 1. The molecule has 0 aromatic carbocycles. The number of nitrogens with one attached hydrogen (secondary N) is 2. The Bertz CT molecular complexity index is 491. The molecular weight excluding hydrogens is 270 g/mol. The molecule has 1 aliphatic rings. The van der Waals surface area contributed by atoms with E-state index < -0.39 is 0 Å². The van der Waals surface area contributed by atoms with Crippen LogP contribution in [0.5, 0.6) is 0 Å². The van der Waals surface area contributed by atoms with Gasteiger partial charge in [0.2, 0.25) is 0 Å². The monoisotopic (exact) mass is 293 g/mol. The van der Waals surface area contributed by atoms with Crippen molar-refractivity contribution in [1.29, 1.82) is 0 Å². The van der Waals surface area contributed by atoms with Crippen LogP contribution >= 0.6 is 11.3 Å². The zero-order valence-corrected chi connectivity index (χ0v) is 12.8. The molecule has 1 aromatic rings. The minimum atomic E-state index is -0.129. The van der Waals surface area contributed by atoms with Crippen molar-refractivity contribution in [3.63, 3.8) is 0 Å². The second kappa shape index (κ2) is 6.31. The van der Waals surface area contributed by atoms with Crippen LogP contribution in [-0.2, 0) is 0 Å². The first kappa shape index (κ1) is 14.9. The lowest BCUT2D eigenvalue weighted by Crippen LogP contribution is -2.22. The standard InChI is InChI=1S/C15H23N3OS/c1-3-5-15(6-7-15)10-18-12-9-11(16)13(20-12)14(19)17-8-4-2/h4,9,18H,2-3,5-8,10,16H2,1H3,(H,17,19). The van der Waals surface area contributed by atoms with Gasteiger partial charge in [-0.25, -0.2) is 0 Å². The van der Waals surface area contributed by atoms with E-state index in [1.54, 1.807) is 6.08 Å². The summed E-state index contributed by atoms with van der Waals surface area (Å²) >= 11 is 1.42. The fourth-order valence-corrected chi connectivity index (χ4v) is 3.30.